The number of nitrogens with zero attached hydrogens (tertiary/aromatic N) is 2. The van der Waals surface area contributed by atoms with Gasteiger partial charge in [-0.25, -0.2) is 0 Å². The first-order valence-corrected chi connectivity index (χ1v) is 10.3. The highest BCUT2D eigenvalue weighted by Crippen LogP contribution is 2.74. The summed E-state index contributed by atoms with van der Waals surface area (Å²) in [4.78, 5) is 0. The van der Waals surface area contributed by atoms with Gasteiger partial charge in [0.05, 0.1) is 23.3 Å². The maximum atomic E-state index is 9.20. The molecule has 2 heteroatoms. The van der Waals surface area contributed by atoms with Gasteiger partial charge in [0.15, 0.2) is 0 Å². The summed E-state index contributed by atoms with van der Waals surface area (Å²) in [5.74, 6) is 0. The summed E-state index contributed by atoms with van der Waals surface area (Å²) in [6, 6.07) is 21.3. The minimum atomic E-state index is 0.195. The van der Waals surface area contributed by atoms with Crippen molar-refractivity contribution in [1.82, 2.24) is 0 Å². The van der Waals surface area contributed by atoms with E-state index < -0.39 is 0 Å². The lowest BCUT2D eigenvalue weighted by Crippen LogP contribution is -2.62. The third-order valence-corrected chi connectivity index (χ3v) is 7.84. The molecule has 0 atom stereocenters. The van der Waals surface area contributed by atoms with Gasteiger partial charge in [-0.05, 0) is 95.6 Å². The van der Waals surface area contributed by atoms with Gasteiger partial charge in [-0.15, -0.1) is 0 Å². The van der Waals surface area contributed by atoms with E-state index in [2.05, 4.69) is 50.3 Å². The van der Waals surface area contributed by atoms with Crippen molar-refractivity contribution in [3.8, 4) is 12.1 Å². The summed E-state index contributed by atoms with van der Waals surface area (Å²) >= 11 is 0. The number of hydrogen-bond donors (Lipinski definition) is 0. The maximum absolute atomic E-state index is 9.20. The highest BCUT2D eigenvalue weighted by atomic mass is 14.7. The smallest absolute Gasteiger partial charge is 0.0991 e. The Balaban J connectivity index is 1.64. The van der Waals surface area contributed by atoms with Crippen LogP contribution < -0.4 is 0 Å². The van der Waals surface area contributed by atoms with E-state index >= 15 is 0 Å². The summed E-state index contributed by atoms with van der Waals surface area (Å²) in [5.41, 5.74) is 5.42. The first-order chi connectivity index (χ1) is 13.3. The number of benzene rings is 2. The molecule has 6 rings (SSSR count). The third-order valence-electron chi connectivity index (χ3n) is 7.84. The molecule has 0 unspecified atom stereocenters. The van der Waals surface area contributed by atoms with Crippen molar-refractivity contribution in [1.29, 1.82) is 10.5 Å². The zero-order chi connectivity index (χ0) is 19.6. The topological polar surface area (TPSA) is 47.6 Å². The quantitative estimate of drug-likeness (QED) is 0.654. The Labute approximate surface area is 167 Å². The first-order valence-electron chi connectivity index (χ1n) is 10.3. The molecule has 140 valence electrons. The minimum Gasteiger partial charge on any atom is -0.192 e. The molecule has 0 heterocycles. The predicted octanol–water partition coefficient (Wildman–Crippen LogP) is 6.00. The zero-order valence-corrected chi connectivity index (χ0v) is 16.8. The molecule has 2 aromatic carbocycles. The maximum Gasteiger partial charge on any atom is 0.0991 e. The predicted molar refractivity (Wildman–Crippen MR) is 110 cm³/mol. The van der Waals surface area contributed by atoms with Crippen LogP contribution in [0.1, 0.15) is 74.6 Å². The standard InChI is InChI=1S/C26H26N2/c1-23-13-24(2)16-25(14-23,21-7-3-19(11-27)4-8-21)18-26(15-23,17-24)22-9-5-20(12-28)6-10-22/h3-10H,13-18H2,1-2H3. The van der Waals surface area contributed by atoms with Gasteiger partial charge < -0.3 is 0 Å². The van der Waals surface area contributed by atoms with Crippen LogP contribution in [-0.4, -0.2) is 0 Å². The van der Waals surface area contributed by atoms with Crippen LogP contribution in [0.4, 0.5) is 0 Å². The molecule has 0 aliphatic heterocycles. The number of nitriles is 2. The normalized spacial score (nSPS) is 38.0. The molecular formula is C26H26N2. The summed E-state index contributed by atoms with van der Waals surface area (Å²) in [6.07, 6.45) is 7.50. The van der Waals surface area contributed by atoms with Crippen LogP contribution in [-0.2, 0) is 10.8 Å². The van der Waals surface area contributed by atoms with E-state index in [-0.39, 0.29) is 10.8 Å². The fourth-order valence-corrected chi connectivity index (χ4v) is 8.10. The second-order valence-corrected chi connectivity index (χ2v) is 10.6. The summed E-state index contributed by atoms with van der Waals surface area (Å²) in [5, 5.41) is 18.4. The Morgan fingerprint density at radius 1 is 0.571 bits per heavy atom. The fraction of sp³-hybridized carbons (Fsp3) is 0.462. The van der Waals surface area contributed by atoms with E-state index in [1.54, 1.807) is 0 Å². The van der Waals surface area contributed by atoms with Gasteiger partial charge in [-0.3, -0.25) is 0 Å². The van der Waals surface area contributed by atoms with Crippen LogP contribution >= 0.6 is 0 Å². The van der Waals surface area contributed by atoms with E-state index in [1.165, 1.54) is 49.7 Å². The molecule has 4 aliphatic carbocycles. The largest absolute Gasteiger partial charge is 0.192 e. The molecule has 0 amide bonds. The van der Waals surface area contributed by atoms with Crippen LogP contribution in [0, 0.1) is 33.5 Å². The molecular weight excluding hydrogens is 340 g/mol. The lowest BCUT2D eigenvalue weighted by Gasteiger charge is -2.70. The molecule has 2 nitrogen and oxygen atoms in total. The molecule has 0 saturated heterocycles. The highest BCUT2D eigenvalue weighted by molar-refractivity contribution is 5.43. The van der Waals surface area contributed by atoms with Gasteiger partial charge >= 0.3 is 0 Å². The van der Waals surface area contributed by atoms with Gasteiger partial charge in [0, 0.05) is 0 Å². The van der Waals surface area contributed by atoms with Gasteiger partial charge in [0.1, 0.15) is 0 Å². The van der Waals surface area contributed by atoms with E-state index in [1.807, 2.05) is 24.3 Å². The Kier molecular flexibility index (Phi) is 3.43. The lowest BCUT2D eigenvalue weighted by atomic mass is 9.34. The number of rotatable bonds is 2. The van der Waals surface area contributed by atoms with Gasteiger partial charge in [-0.1, -0.05) is 38.1 Å². The molecule has 0 aromatic heterocycles. The molecule has 4 saturated carbocycles. The monoisotopic (exact) mass is 366 g/mol. The van der Waals surface area contributed by atoms with Crippen LogP contribution in [0.3, 0.4) is 0 Å². The second kappa shape index (κ2) is 5.48. The molecule has 0 N–H and O–H groups in total. The molecule has 4 fully saturated rings. The SMILES string of the molecule is CC12CC3(C)CC(c4ccc(C#N)cc4)(C1)CC(c1ccc(C#N)cc1)(C2)C3. The van der Waals surface area contributed by atoms with Crippen molar-refractivity contribution in [3.05, 3.63) is 70.8 Å². The summed E-state index contributed by atoms with van der Waals surface area (Å²) in [6.45, 7) is 5.00. The Bertz CT molecular complexity index is 919. The van der Waals surface area contributed by atoms with Crippen molar-refractivity contribution in [3.63, 3.8) is 0 Å². The summed E-state index contributed by atoms with van der Waals surface area (Å²) in [7, 11) is 0. The van der Waals surface area contributed by atoms with E-state index in [4.69, 9.17) is 0 Å². The van der Waals surface area contributed by atoms with Crippen molar-refractivity contribution in [2.75, 3.05) is 0 Å². The Hall–Kier alpha value is -2.58. The average molecular weight is 367 g/mol. The molecule has 0 radical (unpaired) electrons. The first kappa shape index (κ1) is 17.5. The Morgan fingerprint density at radius 2 is 0.929 bits per heavy atom. The molecule has 2 aromatic rings. The van der Waals surface area contributed by atoms with E-state index in [9.17, 15) is 10.5 Å². The van der Waals surface area contributed by atoms with E-state index in [0.717, 1.165) is 11.1 Å². The van der Waals surface area contributed by atoms with Crippen molar-refractivity contribution in [2.24, 2.45) is 10.8 Å². The molecule has 28 heavy (non-hydrogen) atoms. The van der Waals surface area contributed by atoms with Crippen molar-refractivity contribution < 1.29 is 0 Å². The van der Waals surface area contributed by atoms with Crippen LogP contribution in [0.25, 0.3) is 0 Å². The Morgan fingerprint density at radius 3 is 1.25 bits per heavy atom. The van der Waals surface area contributed by atoms with Gasteiger partial charge in [-0.2, -0.15) is 10.5 Å². The summed E-state index contributed by atoms with van der Waals surface area (Å²) < 4.78 is 0. The average Bonchev–Trinajstić information content (AvgIpc) is 2.65. The van der Waals surface area contributed by atoms with Crippen molar-refractivity contribution in [2.45, 2.75) is 63.2 Å². The molecule has 4 bridgehead atoms. The van der Waals surface area contributed by atoms with Gasteiger partial charge in [0.25, 0.3) is 0 Å². The highest BCUT2D eigenvalue weighted by Gasteiger charge is 2.66. The molecule has 0 spiro atoms. The minimum absolute atomic E-state index is 0.195. The molecule has 4 aliphatic rings. The van der Waals surface area contributed by atoms with E-state index in [0.29, 0.717) is 10.8 Å². The lowest BCUT2D eigenvalue weighted by molar-refractivity contribution is -0.126. The zero-order valence-electron chi connectivity index (χ0n) is 16.8. The van der Waals surface area contributed by atoms with Crippen LogP contribution in [0.15, 0.2) is 48.5 Å². The van der Waals surface area contributed by atoms with Gasteiger partial charge in [0.2, 0.25) is 0 Å². The van der Waals surface area contributed by atoms with Crippen molar-refractivity contribution >= 4 is 0 Å². The van der Waals surface area contributed by atoms with Crippen LogP contribution in [0.5, 0.6) is 0 Å². The number of hydrogen-bond acceptors (Lipinski definition) is 2. The fourth-order valence-electron chi connectivity index (χ4n) is 8.10. The second-order valence-electron chi connectivity index (χ2n) is 10.6. The third kappa shape index (κ3) is 2.44. The van der Waals surface area contributed by atoms with Crippen LogP contribution in [0.2, 0.25) is 0 Å².